The molecular formula is C11H8BrNOS. The van der Waals surface area contributed by atoms with Gasteiger partial charge in [0.1, 0.15) is 10.7 Å². The molecule has 2 nitrogen and oxygen atoms in total. The highest BCUT2D eigenvalue weighted by molar-refractivity contribution is 9.09. The molecule has 0 atom stereocenters. The first kappa shape index (κ1) is 10.5. The molecule has 2 aromatic rings. The quantitative estimate of drug-likeness (QED) is 0.638. The average molecular weight is 282 g/mol. The molecule has 0 spiro atoms. The van der Waals surface area contributed by atoms with E-state index >= 15 is 0 Å². The maximum absolute atomic E-state index is 11.4. The number of hydrogen-bond acceptors (Lipinski definition) is 3. The van der Waals surface area contributed by atoms with Gasteiger partial charge in [-0.3, -0.25) is 4.79 Å². The van der Waals surface area contributed by atoms with Crippen molar-refractivity contribution in [3.05, 3.63) is 41.4 Å². The van der Waals surface area contributed by atoms with Crippen molar-refractivity contribution in [3.63, 3.8) is 0 Å². The third-order valence-corrected chi connectivity index (χ3v) is 3.33. The molecule has 76 valence electrons. The predicted octanol–water partition coefficient (Wildman–Crippen LogP) is 3.39. The van der Waals surface area contributed by atoms with Crippen LogP contribution in [0.1, 0.15) is 10.5 Å². The van der Waals surface area contributed by atoms with E-state index in [9.17, 15) is 4.79 Å². The number of benzene rings is 1. The van der Waals surface area contributed by atoms with E-state index in [0.29, 0.717) is 11.0 Å². The summed E-state index contributed by atoms with van der Waals surface area (Å²) in [4.78, 5) is 15.6. The van der Waals surface area contributed by atoms with E-state index in [1.165, 1.54) is 11.3 Å². The Morgan fingerprint density at radius 3 is 2.73 bits per heavy atom. The molecular weight excluding hydrogens is 274 g/mol. The molecule has 1 aromatic carbocycles. The van der Waals surface area contributed by atoms with Gasteiger partial charge in [-0.1, -0.05) is 46.3 Å². The number of carbonyl (C=O) groups excluding carboxylic acids is 1. The number of thiazole rings is 1. The van der Waals surface area contributed by atoms with Gasteiger partial charge in [0.25, 0.3) is 0 Å². The lowest BCUT2D eigenvalue weighted by Gasteiger charge is -1.93. The van der Waals surface area contributed by atoms with Crippen molar-refractivity contribution in [2.45, 2.75) is 0 Å². The van der Waals surface area contributed by atoms with Crippen LogP contribution < -0.4 is 0 Å². The lowest BCUT2D eigenvalue weighted by atomic mass is 10.2. The smallest absolute Gasteiger partial charge is 0.192 e. The summed E-state index contributed by atoms with van der Waals surface area (Å²) in [5.41, 5.74) is 1.59. The number of nitrogens with zero attached hydrogens (tertiary/aromatic N) is 1. The highest BCUT2D eigenvalue weighted by atomic mass is 79.9. The Kier molecular flexibility index (Phi) is 3.28. The number of alkyl halides is 1. The average Bonchev–Trinajstić information content (AvgIpc) is 2.78. The molecule has 0 fully saturated rings. The number of rotatable bonds is 3. The topological polar surface area (TPSA) is 30.0 Å². The first-order valence-corrected chi connectivity index (χ1v) is 6.41. The highest BCUT2D eigenvalue weighted by Gasteiger charge is 2.09. The molecule has 0 N–H and O–H groups in total. The molecule has 0 saturated heterocycles. The van der Waals surface area contributed by atoms with Crippen LogP contribution >= 0.6 is 27.3 Å². The number of ketones is 1. The van der Waals surface area contributed by atoms with E-state index in [-0.39, 0.29) is 5.78 Å². The second kappa shape index (κ2) is 4.68. The summed E-state index contributed by atoms with van der Waals surface area (Å²) in [5.74, 6) is 0.0217. The van der Waals surface area contributed by atoms with Gasteiger partial charge in [-0.25, -0.2) is 4.98 Å². The van der Waals surface area contributed by atoms with Gasteiger partial charge in [0.2, 0.25) is 0 Å². The normalized spacial score (nSPS) is 10.2. The van der Waals surface area contributed by atoms with E-state index < -0.39 is 0 Å². The number of aromatic nitrogens is 1. The zero-order chi connectivity index (χ0) is 10.7. The molecule has 0 aliphatic carbocycles. The first-order chi connectivity index (χ1) is 7.31. The van der Waals surface area contributed by atoms with Crippen molar-refractivity contribution in [3.8, 4) is 10.6 Å². The second-order valence-corrected chi connectivity index (χ2v) is 4.38. The standard InChI is InChI=1S/C11H8BrNOS/c12-6-10(14)9-7-15-11(13-9)8-4-2-1-3-5-8/h1-5,7H,6H2. The number of Topliss-reactive ketones (excluding diaryl/α,β-unsaturated/α-hetero) is 1. The number of carbonyl (C=O) groups is 1. The van der Waals surface area contributed by atoms with Crippen molar-refractivity contribution in [1.82, 2.24) is 4.98 Å². The van der Waals surface area contributed by atoms with E-state index in [2.05, 4.69) is 20.9 Å². The van der Waals surface area contributed by atoms with Gasteiger partial charge in [-0.2, -0.15) is 0 Å². The summed E-state index contributed by atoms with van der Waals surface area (Å²) >= 11 is 4.63. The van der Waals surface area contributed by atoms with Crippen LogP contribution in [-0.4, -0.2) is 16.1 Å². The van der Waals surface area contributed by atoms with E-state index in [4.69, 9.17) is 0 Å². The molecule has 2 rings (SSSR count). The predicted molar refractivity (Wildman–Crippen MR) is 65.7 cm³/mol. The van der Waals surface area contributed by atoms with Crippen molar-refractivity contribution in [1.29, 1.82) is 0 Å². The minimum absolute atomic E-state index is 0.0217. The highest BCUT2D eigenvalue weighted by Crippen LogP contribution is 2.23. The molecule has 0 aliphatic heterocycles. The molecule has 0 radical (unpaired) electrons. The fourth-order valence-electron chi connectivity index (χ4n) is 1.18. The summed E-state index contributed by atoms with van der Waals surface area (Å²) in [5, 5.41) is 3.01. The lowest BCUT2D eigenvalue weighted by molar-refractivity contribution is 0.102. The molecule has 1 heterocycles. The van der Waals surface area contributed by atoms with Crippen LogP contribution in [-0.2, 0) is 0 Å². The summed E-state index contributed by atoms with van der Waals surface area (Å²) < 4.78 is 0. The fraction of sp³-hybridized carbons (Fsp3) is 0.0909. The summed E-state index contributed by atoms with van der Waals surface area (Å²) in [6.07, 6.45) is 0. The van der Waals surface area contributed by atoms with Crippen LogP contribution in [0.2, 0.25) is 0 Å². The van der Waals surface area contributed by atoms with Crippen molar-refractivity contribution in [2.24, 2.45) is 0 Å². The third kappa shape index (κ3) is 2.33. The Morgan fingerprint density at radius 2 is 2.07 bits per heavy atom. The largest absolute Gasteiger partial charge is 0.291 e. The third-order valence-electron chi connectivity index (χ3n) is 1.93. The number of hydrogen-bond donors (Lipinski definition) is 0. The van der Waals surface area contributed by atoms with Crippen LogP contribution in [0.25, 0.3) is 10.6 Å². The first-order valence-electron chi connectivity index (χ1n) is 4.41. The van der Waals surface area contributed by atoms with E-state index in [1.54, 1.807) is 5.38 Å². The number of halogens is 1. The molecule has 1 aromatic heterocycles. The molecule has 0 amide bonds. The van der Waals surface area contributed by atoms with Gasteiger partial charge >= 0.3 is 0 Å². The van der Waals surface area contributed by atoms with Crippen molar-refractivity contribution >= 4 is 33.0 Å². The lowest BCUT2D eigenvalue weighted by Crippen LogP contribution is -1.99. The maximum atomic E-state index is 11.4. The van der Waals surface area contributed by atoms with Crippen LogP contribution in [0, 0.1) is 0 Å². The molecule has 4 heteroatoms. The minimum atomic E-state index is 0.0217. The van der Waals surface area contributed by atoms with Gasteiger partial charge in [-0.15, -0.1) is 11.3 Å². The SMILES string of the molecule is O=C(CBr)c1csc(-c2ccccc2)n1. The summed E-state index contributed by atoms with van der Waals surface area (Å²) in [6.45, 7) is 0. The van der Waals surface area contributed by atoms with Gasteiger partial charge < -0.3 is 0 Å². The zero-order valence-electron chi connectivity index (χ0n) is 7.81. The molecule has 0 unspecified atom stereocenters. The zero-order valence-corrected chi connectivity index (χ0v) is 10.2. The minimum Gasteiger partial charge on any atom is -0.291 e. The van der Waals surface area contributed by atoms with Crippen LogP contribution in [0.15, 0.2) is 35.7 Å². The fourth-order valence-corrected chi connectivity index (χ4v) is 2.30. The molecule has 0 aliphatic rings. The van der Waals surface area contributed by atoms with E-state index in [1.807, 2.05) is 30.3 Å². The van der Waals surface area contributed by atoms with Crippen molar-refractivity contribution in [2.75, 3.05) is 5.33 Å². The van der Waals surface area contributed by atoms with Gasteiger partial charge in [0.15, 0.2) is 5.78 Å². The Balaban J connectivity index is 2.32. The monoisotopic (exact) mass is 281 g/mol. The Morgan fingerprint density at radius 1 is 1.33 bits per heavy atom. The Bertz CT molecular complexity index is 466. The molecule has 0 saturated carbocycles. The van der Waals surface area contributed by atoms with Crippen LogP contribution in [0.4, 0.5) is 0 Å². The van der Waals surface area contributed by atoms with Gasteiger partial charge in [0, 0.05) is 10.9 Å². The van der Waals surface area contributed by atoms with Crippen molar-refractivity contribution < 1.29 is 4.79 Å². The maximum Gasteiger partial charge on any atom is 0.192 e. The summed E-state index contributed by atoms with van der Waals surface area (Å²) in [7, 11) is 0. The summed E-state index contributed by atoms with van der Waals surface area (Å²) in [6, 6.07) is 9.86. The van der Waals surface area contributed by atoms with Crippen LogP contribution in [0.5, 0.6) is 0 Å². The van der Waals surface area contributed by atoms with Gasteiger partial charge in [-0.05, 0) is 0 Å². The molecule has 15 heavy (non-hydrogen) atoms. The Labute approximate surface area is 100 Å². The molecule has 0 bridgehead atoms. The van der Waals surface area contributed by atoms with Crippen LogP contribution in [0.3, 0.4) is 0 Å². The van der Waals surface area contributed by atoms with Gasteiger partial charge in [0.05, 0.1) is 5.33 Å². The second-order valence-electron chi connectivity index (χ2n) is 2.96. The van der Waals surface area contributed by atoms with E-state index in [0.717, 1.165) is 10.6 Å². The Hall–Kier alpha value is -1.00.